The summed E-state index contributed by atoms with van der Waals surface area (Å²) in [4.78, 5) is 4.58. The second-order valence-corrected chi connectivity index (χ2v) is 6.77. The first-order valence-corrected chi connectivity index (χ1v) is 9.16. The first-order valence-electron chi connectivity index (χ1n) is 9.16. The van der Waals surface area contributed by atoms with Crippen molar-refractivity contribution in [3.63, 3.8) is 0 Å². The lowest BCUT2D eigenvalue weighted by Gasteiger charge is -2.10. The summed E-state index contributed by atoms with van der Waals surface area (Å²) in [7, 11) is 0. The average Bonchev–Trinajstić information content (AvgIpc) is 3.10. The Labute approximate surface area is 159 Å². The molecule has 134 valence electrons. The zero-order valence-corrected chi connectivity index (χ0v) is 15.5. The van der Waals surface area contributed by atoms with Crippen molar-refractivity contribution in [2.45, 2.75) is 20.0 Å². The molecule has 0 atom stereocenters. The summed E-state index contributed by atoms with van der Waals surface area (Å²) in [5, 5.41) is 0. The number of ether oxygens (including phenoxy) is 1. The molecule has 0 saturated carbocycles. The van der Waals surface area contributed by atoms with Crippen LogP contribution in [0.25, 0.3) is 28.9 Å². The summed E-state index contributed by atoms with van der Waals surface area (Å²) in [6.45, 7) is 4.06. The van der Waals surface area contributed by atoms with Crippen molar-refractivity contribution in [3.05, 3.63) is 90.3 Å². The van der Waals surface area contributed by atoms with Gasteiger partial charge in [0.05, 0.1) is 17.1 Å². The summed E-state index contributed by atoms with van der Waals surface area (Å²) in [5.41, 5.74) is 5.46. The smallest absolute Gasteiger partial charge is 0.119 e. The molecule has 0 aliphatic heterocycles. The van der Waals surface area contributed by atoms with E-state index in [9.17, 15) is 0 Å². The van der Waals surface area contributed by atoms with Gasteiger partial charge in [-0.25, -0.2) is 4.98 Å². The van der Waals surface area contributed by atoms with Crippen molar-refractivity contribution in [2.24, 2.45) is 0 Å². The Kier molecular flexibility index (Phi) is 4.75. The molecule has 0 bridgehead atoms. The zero-order chi connectivity index (χ0) is 18.6. The van der Waals surface area contributed by atoms with Crippen molar-refractivity contribution in [2.75, 3.05) is 0 Å². The Morgan fingerprint density at radius 1 is 0.852 bits per heavy atom. The van der Waals surface area contributed by atoms with Crippen LogP contribution in [-0.2, 0) is 0 Å². The molecule has 3 aromatic carbocycles. The van der Waals surface area contributed by atoms with Crippen molar-refractivity contribution in [1.82, 2.24) is 9.55 Å². The van der Waals surface area contributed by atoms with Crippen molar-refractivity contribution >= 4 is 23.2 Å². The van der Waals surface area contributed by atoms with Crippen LogP contribution in [-0.4, -0.2) is 15.7 Å². The van der Waals surface area contributed by atoms with E-state index in [0.717, 1.165) is 28.0 Å². The molecule has 1 heterocycles. The van der Waals surface area contributed by atoms with E-state index in [-0.39, 0.29) is 6.10 Å². The van der Waals surface area contributed by atoms with Crippen molar-refractivity contribution < 1.29 is 4.74 Å². The molecule has 4 aromatic rings. The van der Waals surface area contributed by atoms with Gasteiger partial charge in [0.1, 0.15) is 12.1 Å². The van der Waals surface area contributed by atoms with E-state index in [0.29, 0.717) is 0 Å². The maximum atomic E-state index is 5.72. The molecule has 0 spiro atoms. The van der Waals surface area contributed by atoms with Gasteiger partial charge in [0, 0.05) is 5.69 Å². The summed E-state index contributed by atoms with van der Waals surface area (Å²) in [6, 6.07) is 24.8. The molecule has 4 rings (SSSR count). The highest BCUT2D eigenvalue weighted by molar-refractivity contribution is 5.82. The highest BCUT2D eigenvalue weighted by Gasteiger charge is 2.06. The third kappa shape index (κ3) is 3.93. The maximum Gasteiger partial charge on any atom is 0.119 e. The van der Waals surface area contributed by atoms with Gasteiger partial charge in [0.15, 0.2) is 0 Å². The minimum atomic E-state index is 0.173. The second-order valence-electron chi connectivity index (χ2n) is 6.77. The van der Waals surface area contributed by atoms with Crippen LogP contribution in [0.1, 0.15) is 25.0 Å². The van der Waals surface area contributed by atoms with Gasteiger partial charge in [-0.05, 0) is 61.4 Å². The van der Waals surface area contributed by atoms with E-state index >= 15 is 0 Å². The third-order valence-electron chi connectivity index (χ3n) is 4.33. The number of rotatable bonds is 5. The zero-order valence-electron chi connectivity index (χ0n) is 15.5. The van der Waals surface area contributed by atoms with Crippen molar-refractivity contribution in [1.29, 1.82) is 0 Å². The molecular weight excluding hydrogens is 332 g/mol. The second kappa shape index (κ2) is 7.50. The van der Waals surface area contributed by atoms with E-state index in [1.165, 1.54) is 5.56 Å². The van der Waals surface area contributed by atoms with Gasteiger partial charge in [-0.1, -0.05) is 48.6 Å². The largest absolute Gasteiger partial charge is 0.491 e. The molecular formula is C24H22N2O. The molecule has 0 radical (unpaired) electrons. The molecule has 3 heteroatoms. The van der Waals surface area contributed by atoms with Crippen LogP contribution in [0.5, 0.6) is 5.75 Å². The van der Waals surface area contributed by atoms with E-state index < -0.39 is 0 Å². The highest BCUT2D eigenvalue weighted by atomic mass is 16.5. The van der Waals surface area contributed by atoms with Crippen LogP contribution >= 0.6 is 0 Å². The van der Waals surface area contributed by atoms with Crippen LogP contribution < -0.4 is 4.74 Å². The number of fused-ring (bicyclic) bond motifs is 1. The Bertz CT molecular complexity index is 1060. The number of benzene rings is 3. The normalized spacial score (nSPS) is 11.5. The Morgan fingerprint density at radius 3 is 2.33 bits per heavy atom. The van der Waals surface area contributed by atoms with Gasteiger partial charge >= 0.3 is 0 Å². The minimum Gasteiger partial charge on any atom is -0.491 e. The predicted molar refractivity (Wildman–Crippen MR) is 112 cm³/mol. The monoisotopic (exact) mass is 354 g/mol. The van der Waals surface area contributed by atoms with Gasteiger partial charge < -0.3 is 4.74 Å². The van der Waals surface area contributed by atoms with Crippen LogP contribution in [0, 0.1) is 0 Å². The average molecular weight is 354 g/mol. The minimum absolute atomic E-state index is 0.173. The molecule has 0 fully saturated rings. The molecule has 0 aliphatic rings. The van der Waals surface area contributed by atoms with Crippen LogP contribution in [0.4, 0.5) is 0 Å². The molecule has 3 nitrogen and oxygen atoms in total. The summed E-state index contributed by atoms with van der Waals surface area (Å²) in [6.07, 6.45) is 6.28. The number of imidazole rings is 1. The number of aromatic nitrogens is 2. The summed E-state index contributed by atoms with van der Waals surface area (Å²) >= 11 is 0. The molecule has 0 amide bonds. The van der Waals surface area contributed by atoms with Crippen LogP contribution in [0.3, 0.4) is 0 Å². The quantitative estimate of drug-likeness (QED) is 0.412. The SMILES string of the molecule is CC(C)Oc1ccc(-n2cnc3cc(/C=C\c4ccccc4)ccc32)cc1. The van der Waals surface area contributed by atoms with E-state index in [1.807, 2.05) is 50.5 Å². The number of hydrogen-bond donors (Lipinski definition) is 0. The topological polar surface area (TPSA) is 27.1 Å². The molecule has 1 aromatic heterocycles. The molecule has 0 aliphatic carbocycles. The van der Waals surface area contributed by atoms with Gasteiger partial charge in [-0.2, -0.15) is 0 Å². The predicted octanol–water partition coefficient (Wildman–Crippen LogP) is 5.98. The van der Waals surface area contributed by atoms with E-state index in [2.05, 4.69) is 64.2 Å². The van der Waals surface area contributed by atoms with Gasteiger partial charge in [-0.15, -0.1) is 0 Å². The highest BCUT2D eigenvalue weighted by Crippen LogP contribution is 2.22. The van der Waals surface area contributed by atoms with Crippen LogP contribution in [0.2, 0.25) is 0 Å². The van der Waals surface area contributed by atoms with Gasteiger partial charge in [0.25, 0.3) is 0 Å². The van der Waals surface area contributed by atoms with E-state index in [4.69, 9.17) is 4.74 Å². The van der Waals surface area contributed by atoms with Crippen molar-refractivity contribution in [3.8, 4) is 11.4 Å². The first kappa shape index (κ1) is 17.1. The van der Waals surface area contributed by atoms with Crippen LogP contribution in [0.15, 0.2) is 79.1 Å². The van der Waals surface area contributed by atoms with Gasteiger partial charge in [-0.3, -0.25) is 4.57 Å². The Balaban J connectivity index is 1.60. The molecule has 0 N–H and O–H groups in total. The fourth-order valence-electron chi connectivity index (χ4n) is 3.05. The Hall–Kier alpha value is -3.33. The lowest BCUT2D eigenvalue weighted by atomic mass is 10.1. The fraction of sp³-hybridized carbons (Fsp3) is 0.125. The molecule has 0 unspecified atom stereocenters. The fourth-order valence-corrected chi connectivity index (χ4v) is 3.05. The van der Waals surface area contributed by atoms with Gasteiger partial charge in [0.2, 0.25) is 0 Å². The first-order chi connectivity index (χ1) is 13.2. The molecule has 0 saturated heterocycles. The lowest BCUT2D eigenvalue weighted by molar-refractivity contribution is 0.242. The lowest BCUT2D eigenvalue weighted by Crippen LogP contribution is -2.05. The third-order valence-corrected chi connectivity index (χ3v) is 4.33. The standard InChI is InChI=1S/C24H22N2O/c1-18(2)27-22-13-11-21(12-14-22)26-17-25-23-16-20(10-15-24(23)26)9-8-19-6-4-3-5-7-19/h3-18H,1-2H3/b9-8-. The maximum absolute atomic E-state index is 5.72. The molecule has 27 heavy (non-hydrogen) atoms. The summed E-state index contributed by atoms with van der Waals surface area (Å²) in [5.74, 6) is 0.881. The Morgan fingerprint density at radius 2 is 1.59 bits per heavy atom. The number of nitrogens with zero attached hydrogens (tertiary/aromatic N) is 2. The van der Waals surface area contributed by atoms with E-state index in [1.54, 1.807) is 0 Å². The number of hydrogen-bond acceptors (Lipinski definition) is 2. The summed E-state index contributed by atoms with van der Waals surface area (Å²) < 4.78 is 7.82.